The number of benzene rings is 1. The van der Waals surface area contributed by atoms with Gasteiger partial charge in [-0.15, -0.1) is 0 Å². The summed E-state index contributed by atoms with van der Waals surface area (Å²) >= 11 is 5.93. The van der Waals surface area contributed by atoms with Crippen molar-refractivity contribution in [2.45, 2.75) is 18.6 Å². The number of alkyl halides is 3. The molecule has 1 rings (SSSR count). The summed E-state index contributed by atoms with van der Waals surface area (Å²) in [6, 6.07) is 4.94. The van der Waals surface area contributed by atoms with Gasteiger partial charge in [0.25, 0.3) is 0 Å². The van der Waals surface area contributed by atoms with Crippen molar-refractivity contribution in [3.05, 3.63) is 28.8 Å². The number of methoxy groups -OCH3 is 1. The van der Waals surface area contributed by atoms with E-state index in [1.54, 1.807) is 25.2 Å². The lowest BCUT2D eigenvalue weighted by Crippen LogP contribution is -2.22. The summed E-state index contributed by atoms with van der Waals surface area (Å²) in [7, 11) is 3.24. The maximum atomic E-state index is 12.0. The summed E-state index contributed by atoms with van der Waals surface area (Å²) in [6.45, 7) is -1.25. The number of hydrogen-bond acceptors (Lipinski definition) is 3. The van der Waals surface area contributed by atoms with Gasteiger partial charge in [0, 0.05) is 23.2 Å². The number of nitrogens with one attached hydrogen (secondary N) is 1. The van der Waals surface area contributed by atoms with Crippen molar-refractivity contribution < 1.29 is 22.6 Å². The first kappa shape index (κ1) is 17.1. The summed E-state index contributed by atoms with van der Waals surface area (Å²) in [5.41, 5.74) is 0.790. The smallest absolute Gasteiger partial charge is 0.411 e. The van der Waals surface area contributed by atoms with E-state index in [-0.39, 0.29) is 12.6 Å². The molecule has 0 spiro atoms. The average Bonchev–Trinajstić information content (AvgIpc) is 2.37. The van der Waals surface area contributed by atoms with Crippen LogP contribution in [0, 0.1) is 0 Å². The highest BCUT2D eigenvalue weighted by molar-refractivity contribution is 6.30. The molecular formula is C13H17ClF3NO2. The van der Waals surface area contributed by atoms with E-state index in [9.17, 15) is 13.2 Å². The largest absolute Gasteiger partial charge is 0.496 e. The van der Waals surface area contributed by atoms with E-state index in [1.165, 1.54) is 7.11 Å². The van der Waals surface area contributed by atoms with Crippen molar-refractivity contribution in [3.8, 4) is 5.75 Å². The van der Waals surface area contributed by atoms with Crippen LogP contribution in [0.2, 0.25) is 5.02 Å². The second-order valence-electron chi connectivity index (χ2n) is 4.18. The Morgan fingerprint density at radius 2 is 2.05 bits per heavy atom. The molecule has 0 aliphatic carbocycles. The molecule has 3 nitrogen and oxygen atoms in total. The van der Waals surface area contributed by atoms with Gasteiger partial charge in [0.15, 0.2) is 0 Å². The third-order valence-electron chi connectivity index (χ3n) is 2.73. The molecule has 0 aromatic heterocycles. The van der Waals surface area contributed by atoms with Gasteiger partial charge in [-0.05, 0) is 31.7 Å². The van der Waals surface area contributed by atoms with Crippen molar-refractivity contribution in [1.29, 1.82) is 0 Å². The zero-order valence-corrected chi connectivity index (χ0v) is 12.0. The number of ether oxygens (including phenoxy) is 2. The van der Waals surface area contributed by atoms with E-state index >= 15 is 0 Å². The highest BCUT2D eigenvalue weighted by atomic mass is 35.5. The predicted molar refractivity (Wildman–Crippen MR) is 71.3 cm³/mol. The zero-order valence-electron chi connectivity index (χ0n) is 11.3. The molecule has 20 heavy (non-hydrogen) atoms. The van der Waals surface area contributed by atoms with Gasteiger partial charge >= 0.3 is 6.18 Å². The molecule has 1 N–H and O–H groups in total. The fraction of sp³-hybridized carbons (Fsp3) is 0.538. The lowest BCUT2D eigenvalue weighted by Gasteiger charge is -2.20. The van der Waals surface area contributed by atoms with E-state index in [0.29, 0.717) is 17.2 Å². The first-order valence-corrected chi connectivity index (χ1v) is 6.40. The Bertz CT molecular complexity index is 427. The minimum atomic E-state index is -4.30. The van der Waals surface area contributed by atoms with Crippen molar-refractivity contribution in [2.75, 3.05) is 27.4 Å². The monoisotopic (exact) mass is 311 g/mol. The molecule has 0 saturated carbocycles. The van der Waals surface area contributed by atoms with E-state index in [2.05, 4.69) is 10.1 Å². The van der Waals surface area contributed by atoms with Crippen LogP contribution in [0.3, 0.4) is 0 Å². The van der Waals surface area contributed by atoms with Gasteiger partial charge in [-0.25, -0.2) is 0 Å². The van der Waals surface area contributed by atoms with Gasteiger partial charge in [-0.3, -0.25) is 0 Å². The molecular weight excluding hydrogens is 295 g/mol. The third kappa shape index (κ3) is 5.56. The van der Waals surface area contributed by atoms with Gasteiger partial charge in [-0.1, -0.05) is 11.6 Å². The summed E-state index contributed by atoms with van der Waals surface area (Å²) in [5, 5.41) is 3.56. The van der Waals surface area contributed by atoms with Gasteiger partial charge in [0.05, 0.1) is 7.11 Å². The molecule has 0 aliphatic rings. The Kier molecular flexibility index (Phi) is 6.58. The van der Waals surface area contributed by atoms with Crippen LogP contribution in [-0.4, -0.2) is 33.5 Å². The average molecular weight is 312 g/mol. The normalized spacial score (nSPS) is 13.3. The molecule has 1 unspecified atom stereocenters. The molecule has 0 bridgehead atoms. The van der Waals surface area contributed by atoms with Crippen molar-refractivity contribution in [2.24, 2.45) is 0 Å². The Labute approximate surface area is 121 Å². The quantitative estimate of drug-likeness (QED) is 0.781. The molecule has 1 aromatic rings. The molecule has 0 aliphatic heterocycles. The third-order valence-corrected chi connectivity index (χ3v) is 2.97. The Morgan fingerprint density at radius 1 is 1.35 bits per heavy atom. The van der Waals surface area contributed by atoms with Gasteiger partial charge in [0.2, 0.25) is 0 Å². The van der Waals surface area contributed by atoms with E-state index in [4.69, 9.17) is 16.3 Å². The summed E-state index contributed by atoms with van der Waals surface area (Å²) in [4.78, 5) is 0. The van der Waals surface area contributed by atoms with Gasteiger partial charge in [0.1, 0.15) is 12.4 Å². The lowest BCUT2D eigenvalue weighted by molar-refractivity contribution is -0.174. The van der Waals surface area contributed by atoms with Crippen molar-refractivity contribution in [1.82, 2.24) is 5.32 Å². The highest BCUT2D eigenvalue weighted by Crippen LogP contribution is 2.30. The van der Waals surface area contributed by atoms with E-state index in [0.717, 1.165) is 5.56 Å². The molecule has 114 valence electrons. The van der Waals surface area contributed by atoms with Crippen LogP contribution in [0.4, 0.5) is 13.2 Å². The van der Waals surface area contributed by atoms with Crippen LogP contribution < -0.4 is 10.1 Å². The first-order valence-electron chi connectivity index (χ1n) is 6.02. The van der Waals surface area contributed by atoms with Crippen LogP contribution in [0.5, 0.6) is 5.75 Å². The van der Waals surface area contributed by atoms with Crippen LogP contribution in [-0.2, 0) is 4.74 Å². The molecule has 0 fully saturated rings. The standard InChI is InChI=1S/C13H17ClF3NO2/c1-18-11(5-6-20-8-13(15,16)17)10-7-9(14)3-4-12(10)19-2/h3-4,7,11,18H,5-6,8H2,1-2H3. The van der Waals surface area contributed by atoms with Crippen LogP contribution in [0.1, 0.15) is 18.0 Å². The van der Waals surface area contributed by atoms with Crippen molar-refractivity contribution >= 4 is 11.6 Å². The summed E-state index contributed by atoms with van der Waals surface area (Å²) in [5.74, 6) is 0.629. The van der Waals surface area contributed by atoms with Gasteiger partial charge in [-0.2, -0.15) is 13.2 Å². The van der Waals surface area contributed by atoms with Crippen LogP contribution in [0.25, 0.3) is 0 Å². The topological polar surface area (TPSA) is 30.5 Å². The lowest BCUT2D eigenvalue weighted by atomic mass is 10.0. The molecule has 0 heterocycles. The number of rotatable bonds is 7. The Morgan fingerprint density at radius 3 is 2.60 bits per heavy atom. The maximum Gasteiger partial charge on any atom is 0.411 e. The fourth-order valence-corrected chi connectivity index (χ4v) is 2.00. The number of halogens is 4. The molecule has 0 amide bonds. The SMILES string of the molecule is CNC(CCOCC(F)(F)F)c1cc(Cl)ccc1OC. The molecule has 7 heteroatoms. The minimum Gasteiger partial charge on any atom is -0.496 e. The molecule has 0 saturated heterocycles. The predicted octanol–water partition coefficient (Wildman–Crippen LogP) is 3.58. The molecule has 1 aromatic carbocycles. The van der Waals surface area contributed by atoms with Crippen molar-refractivity contribution in [3.63, 3.8) is 0 Å². The highest BCUT2D eigenvalue weighted by Gasteiger charge is 2.27. The van der Waals surface area contributed by atoms with Crippen LogP contribution >= 0.6 is 11.6 Å². The van der Waals surface area contributed by atoms with E-state index < -0.39 is 12.8 Å². The Hall–Kier alpha value is -0.980. The summed E-state index contributed by atoms with van der Waals surface area (Å²) in [6.07, 6.45) is -3.92. The summed E-state index contributed by atoms with van der Waals surface area (Å²) < 4.78 is 45.8. The second kappa shape index (κ2) is 7.71. The van der Waals surface area contributed by atoms with Gasteiger partial charge < -0.3 is 14.8 Å². The maximum absolute atomic E-state index is 12.0. The zero-order chi connectivity index (χ0) is 15.2. The molecule has 1 atom stereocenters. The Balaban J connectivity index is 2.64. The second-order valence-corrected chi connectivity index (χ2v) is 4.62. The van der Waals surface area contributed by atoms with Crippen LogP contribution in [0.15, 0.2) is 18.2 Å². The fourth-order valence-electron chi connectivity index (χ4n) is 1.82. The first-order chi connectivity index (χ1) is 9.37. The minimum absolute atomic E-state index is 0.0132. The number of hydrogen-bond donors (Lipinski definition) is 1. The molecule has 0 radical (unpaired) electrons. The van der Waals surface area contributed by atoms with E-state index in [1.807, 2.05) is 0 Å².